The molecule has 5 heteroatoms. The number of hydrogen-bond acceptors (Lipinski definition) is 5. The van der Waals surface area contributed by atoms with E-state index in [0.717, 1.165) is 30.3 Å². The highest BCUT2D eigenvalue weighted by atomic mass is 32.2. The molecule has 2 atom stereocenters. The van der Waals surface area contributed by atoms with Crippen molar-refractivity contribution in [2.75, 3.05) is 18.0 Å². The largest absolute Gasteiger partial charge is 0.392 e. The molecule has 0 aromatic carbocycles. The monoisotopic (exact) mass is 253 g/mol. The fourth-order valence-electron chi connectivity index (χ4n) is 2.13. The number of anilines is 1. The predicted octanol–water partition coefficient (Wildman–Crippen LogP) is 1.61. The number of nitrogens with zero attached hydrogens (tertiary/aromatic N) is 3. The molecule has 2 heterocycles. The lowest BCUT2D eigenvalue weighted by molar-refractivity contribution is 0.280. The molecule has 1 aromatic heterocycles. The predicted molar refractivity (Wildman–Crippen MR) is 71.4 cm³/mol. The van der Waals surface area contributed by atoms with Crippen LogP contribution in [0.4, 0.5) is 5.95 Å². The Morgan fingerprint density at radius 1 is 1.41 bits per heavy atom. The van der Waals surface area contributed by atoms with Crippen molar-refractivity contribution < 1.29 is 5.11 Å². The van der Waals surface area contributed by atoms with E-state index in [2.05, 4.69) is 28.7 Å². The second kappa shape index (κ2) is 5.23. The van der Waals surface area contributed by atoms with Crippen LogP contribution in [0.1, 0.15) is 25.1 Å². The van der Waals surface area contributed by atoms with E-state index in [1.165, 1.54) is 0 Å². The molecule has 2 unspecified atom stereocenters. The molecule has 94 valence electrons. The number of hydrogen-bond donors (Lipinski definition) is 1. The van der Waals surface area contributed by atoms with Gasteiger partial charge in [-0.25, -0.2) is 9.97 Å². The van der Waals surface area contributed by atoms with Crippen molar-refractivity contribution in [1.29, 1.82) is 0 Å². The molecule has 0 amide bonds. The number of aliphatic hydroxyl groups is 1. The van der Waals surface area contributed by atoms with Crippen LogP contribution in [-0.2, 0) is 6.61 Å². The van der Waals surface area contributed by atoms with Crippen LogP contribution in [0.2, 0.25) is 0 Å². The van der Waals surface area contributed by atoms with Gasteiger partial charge in [0, 0.05) is 41.0 Å². The molecule has 1 fully saturated rings. The lowest BCUT2D eigenvalue weighted by Gasteiger charge is -2.34. The van der Waals surface area contributed by atoms with Crippen LogP contribution in [0.25, 0.3) is 0 Å². The lowest BCUT2D eigenvalue weighted by atomic mass is 10.2. The summed E-state index contributed by atoms with van der Waals surface area (Å²) in [6.45, 7) is 8.39. The minimum atomic E-state index is 0.00870. The van der Waals surface area contributed by atoms with Crippen LogP contribution in [0.15, 0.2) is 6.20 Å². The zero-order chi connectivity index (χ0) is 12.4. The van der Waals surface area contributed by atoms with Crippen molar-refractivity contribution >= 4 is 17.7 Å². The number of thioether (sulfide) groups is 1. The molecule has 1 aliphatic heterocycles. The lowest BCUT2D eigenvalue weighted by Crippen LogP contribution is -2.41. The van der Waals surface area contributed by atoms with Gasteiger partial charge < -0.3 is 10.0 Å². The molecule has 0 radical (unpaired) electrons. The van der Waals surface area contributed by atoms with Gasteiger partial charge in [-0.15, -0.1) is 0 Å². The van der Waals surface area contributed by atoms with Crippen molar-refractivity contribution in [2.24, 2.45) is 0 Å². The smallest absolute Gasteiger partial charge is 0.225 e. The summed E-state index contributed by atoms with van der Waals surface area (Å²) in [7, 11) is 0. The minimum Gasteiger partial charge on any atom is -0.392 e. The zero-order valence-electron chi connectivity index (χ0n) is 10.6. The second-order valence-corrected chi connectivity index (χ2v) is 6.48. The summed E-state index contributed by atoms with van der Waals surface area (Å²) in [4.78, 5) is 11.1. The van der Waals surface area contributed by atoms with Gasteiger partial charge in [0.05, 0.1) is 6.61 Å². The topological polar surface area (TPSA) is 49.2 Å². The van der Waals surface area contributed by atoms with Crippen LogP contribution < -0.4 is 4.90 Å². The van der Waals surface area contributed by atoms with E-state index in [1.807, 2.05) is 18.7 Å². The first-order chi connectivity index (χ1) is 8.10. The summed E-state index contributed by atoms with van der Waals surface area (Å²) in [6, 6.07) is 0. The van der Waals surface area contributed by atoms with Crippen LogP contribution >= 0.6 is 11.8 Å². The average Bonchev–Trinajstić information content (AvgIpc) is 2.27. The molecule has 4 nitrogen and oxygen atoms in total. The molecule has 1 aromatic rings. The molecule has 17 heavy (non-hydrogen) atoms. The molecule has 1 saturated heterocycles. The van der Waals surface area contributed by atoms with Gasteiger partial charge in [0.1, 0.15) is 0 Å². The van der Waals surface area contributed by atoms with Gasteiger partial charge in [0.25, 0.3) is 0 Å². The van der Waals surface area contributed by atoms with Crippen molar-refractivity contribution in [3.63, 3.8) is 0 Å². The Morgan fingerprint density at radius 3 is 2.59 bits per heavy atom. The third-order valence-corrected chi connectivity index (χ3v) is 4.17. The van der Waals surface area contributed by atoms with Gasteiger partial charge in [-0.2, -0.15) is 11.8 Å². The van der Waals surface area contributed by atoms with E-state index < -0.39 is 0 Å². The highest BCUT2D eigenvalue weighted by molar-refractivity contribution is 8.00. The zero-order valence-corrected chi connectivity index (χ0v) is 11.4. The molecule has 1 aliphatic rings. The first-order valence-electron chi connectivity index (χ1n) is 5.94. The van der Waals surface area contributed by atoms with E-state index >= 15 is 0 Å². The highest BCUT2D eigenvalue weighted by Crippen LogP contribution is 2.26. The SMILES string of the molecule is Cc1nc(N2CC(C)SC(C)C2)ncc1CO. The molecular formula is C12H19N3OS. The van der Waals surface area contributed by atoms with E-state index in [0.29, 0.717) is 10.5 Å². The quantitative estimate of drug-likeness (QED) is 0.867. The van der Waals surface area contributed by atoms with Gasteiger partial charge in [-0.05, 0) is 6.92 Å². The van der Waals surface area contributed by atoms with E-state index in [9.17, 15) is 0 Å². The maximum absolute atomic E-state index is 9.11. The summed E-state index contributed by atoms with van der Waals surface area (Å²) < 4.78 is 0. The van der Waals surface area contributed by atoms with Crippen LogP contribution in [0, 0.1) is 6.92 Å². The summed E-state index contributed by atoms with van der Waals surface area (Å²) >= 11 is 2.01. The molecule has 1 N–H and O–H groups in total. The van der Waals surface area contributed by atoms with Gasteiger partial charge in [-0.3, -0.25) is 0 Å². The summed E-state index contributed by atoms with van der Waals surface area (Å²) in [5.74, 6) is 0.790. The van der Waals surface area contributed by atoms with Gasteiger partial charge in [0.15, 0.2) is 0 Å². The molecular weight excluding hydrogens is 234 g/mol. The van der Waals surface area contributed by atoms with Crippen LogP contribution in [-0.4, -0.2) is 38.7 Å². The Morgan fingerprint density at radius 2 is 2.06 bits per heavy atom. The molecule has 0 bridgehead atoms. The third-order valence-electron chi connectivity index (χ3n) is 2.94. The Hall–Kier alpha value is -0.810. The minimum absolute atomic E-state index is 0.00870. The standard InChI is InChI=1S/C12H19N3OS/c1-8-5-15(6-9(2)17-8)12-13-4-11(7-16)10(3)14-12/h4,8-9,16H,5-7H2,1-3H3. The maximum Gasteiger partial charge on any atom is 0.225 e. The third kappa shape index (κ3) is 2.90. The Labute approximate surface area is 106 Å². The summed E-state index contributed by atoms with van der Waals surface area (Å²) in [5, 5.41) is 10.3. The summed E-state index contributed by atoms with van der Waals surface area (Å²) in [5.41, 5.74) is 1.68. The van der Waals surface area contributed by atoms with Gasteiger partial charge in [-0.1, -0.05) is 13.8 Å². The molecule has 0 spiro atoms. The number of aromatic nitrogens is 2. The molecule has 0 aliphatic carbocycles. The van der Waals surface area contributed by atoms with Gasteiger partial charge >= 0.3 is 0 Å². The first kappa shape index (κ1) is 12.6. The van der Waals surface area contributed by atoms with E-state index in [-0.39, 0.29) is 6.61 Å². The number of aryl methyl sites for hydroxylation is 1. The van der Waals surface area contributed by atoms with E-state index in [4.69, 9.17) is 5.11 Å². The Balaban J connectivity index is 2.19. The Kier molecular flexibility index (Phi) is 3.89. The van der Waals surface area contributed by atoms with Crippen molar-refractivity contribution in [3.05, 3.63) is 17.5 Å². The van der Waals surface area contributed by atoms with Crippen LogP contribution in [0.3, 0.4) is 0 Å². The highest BCUT2D eigenvalue weighted by Gasteiger charge is 2.24. The van der Waals surface area contributed by atoms with Crippen LogP contribution in [0.5, 0.6) is 0 Å². The molecule has 0 saturated carbocycles. The maximum atomic E-state index is 9.11. The van der Waals surface area contributed by atoms with Crippen molar-refractivity contribution in [2.45, 2.75) is 37.9 Å². The number of rotatable bonds is 2. The van der Waals surface area contributed by atoms with Gasteiger partial charge in [0.2, 0.25) is 5.95 Å². The fourth-order valence-corrected chi connectivity index (χ4v) is 3.45. The number of aliphatic hydroxyl groups excluding tert-OH is 1. The average molecular weight is 253 g/mol. The first-order valence-corrected chi connectivity index (χ1v) is 6.88. The van der Waals surface area contributed by atoms with Crippen molar-refractivity contribution in [3.8, 4) is 0 Å². The summed E-state index contributed by atoms with van der Waals surface area (Å²) in [6.07, 6.45) is 1.73. The Bertz CT molecular complexity index is 389. The van der Waals surface area contributed by atoms with Crippen molar-refractivity contribution in [1.82, 2.24) is 9.97 Å². The van der Waals surface area contributed by atoms with E-state index in [1.54, 1.807) is 6.20 Å². The normalized spacial score (nSPS) is 25.1. The fraction of sp³-hybridized carbons (Fsp3) is 0.667. The molecule has 2 rings (SSSR count). The second-order valence-electron chi connectivity index (χ2n) is 4.60.